The first kappa shape index (κ1) is 17.2. The number of rotatable bonds is 9. The van der Waals surface area contributed by atoms with Crippen LogP contribution in [0.5, 0.6) is 0 Å². The molecule has 20 heavy (non-hydrogen) atoms. The molecule has 114 valence electrons. The van der Waals surface area contributed by atoms with Gasteiger partial charge >= 0.3 is 0 Å². The van der Waals surface area contributed by atoms with Crippen molar-refractivity contribution in [2.24, 2.45) is 0 Å². The Morgan fingerprint density at radius 1 is 1.05 bits per heavy atom. The van der Waals surface area contributed by atoms with Gasteiger partial charge in [-0.2, -0.15) is 0 Å². The van der Waals surface area contributed by atoms with Crippen LogP contribution >= 0.6 is 0 Å². The van der Waals surface area contributed by atoms with Crippen LogP contribution in [0.1, 0.15) is 52.2 Å². The zero-order chi connectivity index (χ0) is 15.0. The van der Waals surface area contributed by atoms with Gasteiger partial charge in [-0.25, -0.2) is 0 Å². The number of hydrogen-bond acceptors (Lipinski definition) is 2. The summed E-state index contributed by atoms with van der Waals surface area (Å²) in [7, 11) is 0. The maximum absolute atomic E-state index is 6.05. The Balaban J connectivity index is 2.84. The molecule has 0 amide bonds. The predicted molar refractivity (Wildman–Crippen MR) is 87.3 cm³/mol. The Bertz CT molecular complexity index is 374. The van der Waals surface area contributed by atoms with Crippen LogP contribution in [0, 0.1) is 0 Å². The smallest absolute Gasteiger partial charge is 0.0807 e. The summed E-state index contributed by atoms with van der Waals surface area (Å²) < 4.78 is 6.05. The van der Waals surface area contributed by atoms with E-state index in [1.54, 1.807) is 0 Å². The van der Waals surface area contributed by atoms with Crippen LogP contribution in [0.25, 0.3) is 0 Å². The maximum Gasteiger partial charge on any atom is 0.0807 e. The topological polar surface area (TPSA) is 21.3 Å². The Labute approximate surface area is 124 Å². The molecule has 0 aliphatic rings. The van der Waals surface area contributed by atoms with Crippen LogP contribution in [0.2, 0.25) is 0 Å². The Morgan fingerprint density at radius 3 is 2.10 bits per heavy atom. The first-order valence-electron chi connectivity index (χ1n) is 8.04. The number of ether oxygens (including phenoxy) is 1. The van der Waals surface area contributed by atoms with E-state index in [-0.39, 0.29) is 5.60 Å². The fourth-order valence-corrected chi connectivity index (χ4v) is 2.68. The summed E-state index contributed by atoms with van der Waals surface area (Å²) in [6, 6.07) is 9.34. The molecule has 0 saturated heterocycles. The second-order valence-corrected chi connectivity index (χ2v) is 5.58. The molecule has 0 saturated carbocycles. The molecule has 2 atom stereocenters. The molecule has 0 aromatic heterocycles. The Morgan fingerprint density at radius 2 is 1.65 bits per heavy atom. The Hall–Kier alpha value is -0.860. The molecule has 2 heteroatoms. The van der Waals surface area contributed by atoms with Crippen molar-refractivity contribution >= 4 is 0 Å². The fraction of sp³-hybridized carbons (Fsp3) is 0.667. The third kappa shape index (κ3) is 4.60. The van der Waals surface area contributed by atoms with E-state index in [0.717, 1.165) is 32.4 Å². The lowest BCUT2D eigenvalue weighted by molar-refractivity contribution is -0.0546. The van der Waals surface area contributed by atoms with E-state index in [0.29, 0.717) is 6.04 Å². The van der Waals surface area contributed by atoms with Crippen molar-refractivity contribution < 1.29 is 4.74 Å². The number of nitrogens with one attached hydrogen (secondary N) is 1. The standard InChI is InChI=1S/C18H31NO/c1-6-15-10-12-16(13-11-15)14-17(19-8-3)18(5,7-2)20-9-4/h10-13,17,19H,6-9,14H2,1-5H3. The molecule has 2 unspecified atom stereocenters. The quantitative estimate of drug-likeness (QED) is 0.737. The highest BCUT2D eigenvalue weighted by atomic mass is 16.5. The molecule has 1 aromatic carbocycles. The third-order valence-electron chi connectivity index (χ3n) is 4.23. The lowest BCUT2D eigenvalue weighted by Crippen LogP contribution is -2.51. The van der Waals surface area contributed by atoms with E-state index in [2.05, 4.69) is 64.2 Å². The van der Waals surface area contributed by atoms with Gasteiger partial charge in [-0.1, -0.05) is 45.0 Å². The minimum absolute atomic E-state index is 0.103. The largest absolute Gasteiger partial charge is 0.374 e. The van der Waals surface area contributed by atoms with Crippen LogP contribution in [0.4, 0.5) is 0 Å². The Kier molecular flexibility index (Phi) is 7.25. The maximum atomic E-state index is 6.05. The minimum atomic E-state index is -0.103. The second-order valence-electron chi connectivity index (χ2n) is 5.58. The van der Waals surface area contributed by atoms with Gasteiger partial charge in [0.25, 0.3) is 0 Å². The van der Waals surface area contributed by atoms with Crippen molar-refractivity contribution in [1.29, 1.82) is 0 Å². The highest BCUT2D eigenvalue weighted by Crippen LogP contribution is 2.23. The summed E-state index contributed by atoms with van der Waals surface area (Å²) >= 11 is 0. The zero-order valence-electron chi connectivity index (χ0n) is 13.8. The van der Waals surface area contributed by atoms with E-state index in [9.17, 15) is 0 Å². The van der Waals surface area contributed by atoms with Crippen LogP contribution in [-0.2, 0) is 17.6 Å². The summed E-state index contributed by atoms with van der Waals surface area (Å²) in [6.07, 6.45) is 3.14. The van der Waals surface area contributed by atoms with Gasteiger partial charge in [-0.15, -0.1) is 0 Å². The molecular weight excluding hydrogens is 246 g/mol. The summed E-state index contributed by atoms with van der Waals surface area (Å²) in [5, 5.41) is 3.61. The van der Waals surface area contributed by atoms with Gasteiger partial charge < -0.3 is 10.1 Å². The molecule has 0 bridgehead atoms. The van der Waals surface area contributed by atoms with Crippen LogP contribution in [-0.4, -0.2) is 24.8 Å². The van der Waals surface area contributed by atoms with E-state index < -0.39 is 0 Å². The average molecular weight is 277 g/mol. The van der Waals surface area contributed by atoms with Crippen LogP contribution in [0.15, 0.2) is 24.3 Å². The van der Waals surface area contributed by atoms with Crippen molar-refractivity contribution in [3.63, 3.8) is 0 Å². The van der Waals surface area contributed by atoms with E-state index >= 15 is 0 Å². The molecular formula is C18H31NO. The molecule has 0 radical (unpaired) electrons. The van der Waals surface area contributed by atoms with E-state index in [1.165, 1.54) is 11.1 Å². The predicted octanol–water partition coefficient (Wildman–Crippen LogP) is 3.97. The van der Waals surface area contributed by atoms with Gasteiger partial charge in [0, 0.05) is 12.6 Å². The first-order valence-corrected chi connectivity index (χ1v) is 8.04. The summed E-state index contributed by atoms with van der Waals surface area (Å²) in [4.78, 5) is 0. The van der Waals surface area contributed by atoms with Crippen LogP contribution in [0.3, 0.4) is 0 Å². The first-order chi connectivity index (χ1) is 9.59. The van der Waals surface area contributed by atoms with Crippen molar-refractivity contribution in [2.45, 2.75) is 65.5 Å². The van der Waals surface area contributed by atoms with Gasteiger partial charge in [0.15, 0.2) is 0 Å². The SMILES string of the molecule is CCNC(Cc1ccc(CC)cc1)C(C)(CC)OCC. The van der Waals surface area contributed by atoms with Crippen molar-refractivity contribution in [2.75, 3.05) is 13.2 Å². The molecule has 1 N–H and O–H groups in total. The number of benzene rings is 1. The van der Waals surface area contributed by atoms with Crippen LogP contribution < -0.4 is 5.32 Å². The van der Waals surface area contributed by atoms with E-state index in [1.807, 2.05) is 0 Å². The average Bonchev–Trinajstić information content (AvgIpc) is 2.47. The van der Waals surface area contributed by atoms with Crippen molar-refractivity contribution in [1.82, 2.24) is 5.32 Å². The molecule has 0 spiro atoms. The van der Waals surface area contributed by atoms with Gasteiger partial charge in [-0.3, -0.25) is 0 Å². The molecule has 2 nitrogen and oxygen atoms in total. The molecule has 0 heterocycles. The zero-order valence-corrected chi connectivity index (χ0v) is 13.8. The highest BCUT2D eigenvalue weighted by Gasteiger charge is 2.32. The number of hydrogen-bond donors (Lipinski definition) is 1. The lowest BCUT2D eigenvalue weighted by atomic mass is 9.88. The van der Waals surface area contributed by atoms with Gasteiger partial charge in [0.1, 0.15) is 0 Å². The monoisotopic (exact) mass is 277 g/mol. The van der Waals surface area contributed by atoms with E-state index in [4.69, 9.17) is 4.74 Å². The number of likely N-dealkylation sites (N-methyl/N-ethyl adjacent to an activating group) is 1. The fourth-order valence-electron chi connectivity index (χ4n) is 2.68. The second kappa shape index (κ2) is 8.43. The van der Waals surface area contributed by atoms with Gasteiger partial charge in [0.05, 0.1) is 5.60 Å². The molecule has 0 fully saturated rings. The summed E-state index contributed by atoms with van der Waals surface area (Å²) in [6.45, 7) is 12.6. The van der Waals surface area contributed by atoms with Crippen molar-refractivity contribution in [3.05, 3.63) is 35.4 Å². The normalized spacial score (nSPS) is 15.8. The lowest BCUT2D eigenvalue weighted by Gasteiger charge is -2.37. The van der Waals surface area contributed by atoms with Gasteiger partial charge in [0.2, 0.25) is 0 Å². The number of aryl methyl sites for hydroxylation is 1. The highest BCUT2D eigenvalue weighted by molar-refractivity contribution is 5.23. The molecule has 0 aliphatic heterocycles. The molecule has 0 aliphatic carbocycles. The summed E-state index contributed by atoms with van der Waals surface area (Å²) in [5.41, 5.74) is 2.68. The minimum Gasteiger partial charge on any atom is -0.374 e. The molecule has 1 rings (SSSR count). The van der Waals surface area contributed by atoms with Gasteiger partial charge in [-0.05, 0) is 50.8 Å². The van der Waals surface area contributed by atoms with Crippen molar-refractivity contribution in [3.8, 4) is 0 Å². The third-order valence-corrected chi connectivity index (χ3v) is 4.23. The summed E-state index contributed by atoms with van der Waals surface area (Å²) in [5.74, 6) is 0. The molecule has 1 aromatic rings.